The summed E-state index contributed by atoms with van der Waals surface area (Å²) in [5, 5.41) is 21.6. The molecule has 4 nitrogen and oxygen atoms in total. The van der Waals surface area contributed by atoms with Crippen LogP contribution in [0.3, 0.4) is 0 Å². The van der Waals surface area contributed by atoms with Crippen molar-refractivity contribution in [2.75, 3.05) is 0 Å². The fourth-order valence-electron chi connectivity index (χ4n) is 1.09. The Morgan fingerprint density at radius 2 is 2.00 bits per heavy atom. The molecule has 0 unspecified atom stereocenters. The Morgan fingerprint density at radius 3 is 2.50 bits per heavy atom. The summed E-state index contributed by atoms with van der Waals surface area (Å²) in [6, 6.07) is 5.80. The first-order chi connectivity index (χ1) is 8.00. The number of rotatable bonds is 2. The van der Waals surface area contributed by atoms with E-state index >= 15 is 0 Å². The average molecular weight is 191 g/mol. The van der Waals surface area contributed by atoms with E-state index in [9.17, 15) is 0 Å². The molecule has 1 heterocycles. The molecule has 0 aliphatic carbocycles. The fraction of sp³-hybridized carbons (Fsp3) is 0. The van der Waals surface area contributed by atoms with Crippen LogP contribution in [0, 0.1) is 0 Å². The van der Waals surface area contributed by atoms with E-state index in [1.807, 2.05) is 0 Å². The van der Waals surface area contributed by atoms with E-state index in [1.165, 1.54) is 12.1 Å². The van der Waals surface area contributed by atoms with Gasteiger partial charge < -0.3 is 10.0 Å². The van der Waals surface area contributed by atoms with E-state index in [0.717, 1.165) is 4.68 Å². The van der Waals surface area contributed by atoms with Crippen LogP contribution < -0.4 is 5.46 Å². The fourth-order valence-corrected chi connectivity index (χ4v) is 1.09. The van der Waals surface area contributed by atoms with E-state index in [4.69, 9.17) is 14.2 Å². The van der Waals surface area contributed by atoms with Gasteiger partial charge in [0.1, 0.15) is 0 Å². The van der Waals surface area contributed by atoms with Gasteiger partial charge in [-0.05, 0) is 23.6 Å². The van der Waals surface area contributed by atoms with Crippen LogP contribution in [-0.4, -0.2) is 26.9 Å². The lowest BCUT2D eigenvalue weighted by atomic mass is 9.80. The van der Waals surface area contributed by atoms with Crippen LogP contribution in [0.2, 0.25) is 0 Å². The van der Waals surface area contributed by atoms with Gasteiger partial charge in [-0.25, -0.2) is 4.68 Å². The molecule has 2 rings (SSSR count). The first-order valence-corrected chi connectivity index (χ1v) is 4.00. The second-order valence-corrected chi connectivity index (χ2v) is 2.73. The first kappa shape index (κ1) is 6.00. The molecule has 0 saturated carbocycles. The van der Waals surface area contributed by atoms with Crippen LogP contribution >= 0.6 is 0 Å². The quantitative estimate of drug-likeness (QED) is 0.632. The minimum atomic E-state index is -1.55. The Hall–Kier alpha value is -1.59. The molecular weight excluding hydrogens is 179 g/mol. The van der Waals surface area contributed by atoms with Gasteiger partial charge >= 0.3 is 7.12 Å². The highest BCUT2D eigenvalue weighted by atomic mass is 16.4. The monoisotopic (exact) mass is 191 g/mol. The molecule has 0 spiro atoms. The Balaban J connectivity index is 2.43. The topological polar surface area (TPSA) is 58.3 Å². The van der Waals surface area contributed by atoms with Crippen molar-refractivity contribution >= 4 is 12.6 Å². The predicted molar refractivity (Wildman–Crippen MR) is 53.4 cm³/mol. The molecule has 14 heavy (non-hydrogen) atoms. The molecule has 0 bridgehead atoms. The lowest BCUT2D eigenvalue weighted by Gasteiger charge is -2.02. The third kappa shape index (κ3) is 1.68. The minimum Gasteiger partial charge on any atom is -0.423 e. The van der Waals surface area contributed by atoms with Crippen LogP contribution in [0.15, 0.2) is 42.7 Å². The molecule has 1 aromatic heterocycles. The summed E-state index contributed by atoms with van der Waals surface area (Å²) in [7, 11) is -1.55. The molecule has 2 aromatic rings. The van der Waals surface area contributed by atoms with E-state index < -0.39 is 7.12 Å². The summed E-state index contributed by atoms with van der Waals surface area (Å²) in [4.78, 5) is 0. The highest BCUT2D eigenvalue weighted by Crippen LogP contribution is 2.03. The zero-order valence-electron chi connectivity index (χ0n) is 10.2. The van der Waals surface area contributed by atoms with Crippen molar-refractivity contribution in [2.24, 2.45) is 0 Å². The van der Waals surface area contributed by atoms with Gasteiger partial charge in [0, 0.05) is 12.3 Å². The molecule has 0 radical (unpaired) electrons. The largest absolute Gasteiger partial charge is 0.488 e. The maximum absolute atomic E-state index is 8.92. The SMILES string of the molecule is [2H]c1nn(-c2ccc(B(O)O)cc2)c([2H])c1[2H]. The van der Waals surface area contributed by atoms with Crippen molar-refractivity contribution in [3.05, 3.63) is 42.7 Å². The highest BCUT2D eigenvalue weighted by Gasteiger charge is 2.09. The molecule has 0 aliphatic heterocycles. The zero-order valence-corrected chi connectivity index (χ0v) is 7.18. The van der Waals surface area contributed by atoms with Crippen molar-refractivity contribution in [3.8, 4) is 5.69 Å². The molecule has 0 aliphatic rings. The van der Waals surface area contributed by atoms with Crippen LogP contribution in [0.1, 0.15) is 4.11 Å². The minimum absolute atomic E-state index is 0.174. The van der Waals surface area contributed by atoms with Gasteiger partial charge in [0.25, 0.3) is 0 Å². The van der Waals surface area contributed by atoms with Crippen molar-refractivity contribution < 1.29 is 14.2 Å². The molecular formula is C9H9BN2O2. The standard InChI is InChI=1S/C9H9BN2O2/c13-10(14)8-2-4-9(5-3-8)12-7-1-6-11-12/h1-7,13-14H/i1D,6D,7D. The summed E-state index contributed by atoms with van der Waals surface area (Å²) in [6.45, 7) is 0. The van der Waals surface area contributed by atoms with Crippen LogP contribution in [0.5, 0.6) is 0 Å². The first-order valence-electron chi connectivity index (χ1n) is 5.50. The number of benzene rings is 1. The molecule has 0 saturated heterocycles. The van der Waals surface area contributed by atoms with Crippen molar-refractivity contribution in [1.82, 2.24) is 9.78 Å². The van der Waals surface area contributed by atoms with E-state index in [0.29, 0.717) is 11.2 Å². The highest BCUT2D eigenvalue weighted by molar-refractivity contribution is 6.58. The summed E-state index contributed by atoms with van der Waals surface area (Å²) in [5.41, 5.74) is 0.816. The lowest BCUT2D eigenvalue weighted by molar-refractivity contribution is 0.426. The lowest BCUT2D eigenvalue weighted by Crippen LogP contribution is -2.29. The summed E-state index contributed by atoms with van der Waals surface area (Å²) in [5.74, 6) is 0. The second kappa shape index (κ2) is 3.65. The summed E-state index contributed by atoms with van der Waals surface area (Å²) >= 11 is 0. The van der Waals surface area contributed by atoms with Gasteiger partial charge in [0.2, 0.25) is 0 Å². The molecule has 2 N–H and O–H groups in total. The van der Waals surface area contributed by atoms with Crippen LogP contribution in [0.25, 0.3) is 5.69 Å². The molecule has 0 amide bonds. The maximum atomic E-state index is 8.92. The van der Waals surface area contributed by atoms with Crippen molar-refractivity contribution in [2.45, 2.75) is 0 Å². The van der Waals surface area contributed by atoms with Crippen molar-refractivity contribution in [3.63, 3.8) is 0 Å². The van der Waals surface area contributed by atoms with Crippen molar-refractivity contribution in [1.29, 1.82) is 0 Å². The maximum Gasteiger partial charge on any atom is 0.488 e. The van der Waals surface area contributed by atoms with Gasteiger partial charge in [0.15, 0.2) is 0 Å². The molecule has 0 atom stereocenters. The smallest absolute Gasteiger partial charge is 0.423 e. The number of aromatic nitrogens is 2. The van der Waals surface area contributed by atoms with E-state index in [2.05, 4.69) is 5.10 Å². The molecule has 70 valence electrons. The number of nitrogens with zero attached hydrogens (tertiary/aromatic N) is 2. The van der Waals surface area contributed by atoms with Gasteiger partial charge in [-0.3, -0.25) is 0 Å². The van der Waals surface area contributed by atoms with Gasteiger partial charge in [-0.15, -0.1) is 0 Å². The Bertz CT molecular complexity index is 542. The predicted octanol–water partition coefficient (Wildman–Crippen LogP) is -0.448. The summed E-state index contributed by atoms with van der Waals surface area (Å²) in [6.07, 6.45) is -0.437. The Kier molecular flexibility index (Phi) is 1.57. The zero-order chi connectivity index (χ0) is 12.6. The van der Waals surface area contributed by atoms with Gasteiger partial charge in [-0.2, -0.15) is 5.10 Å². The van der Waals surface area contributed by atoms with Crippen LogP contribution in [0.4, 0.5) is 0 Å². The van der Waals surface area contributed by atoms with Gasteiger partial charge in [-0.1, -0.05) is 12.1 Å². The Morgan fingerprint density at radius 1 is 1.29 bits per heavy atom. The molecule has 1 aromatic carbocycles. The number of hydrogen-bond acceptors (Lipinski definition) is 3. The van der Waals surface area contributed by atoms with E-state index in [1.54, 1.807) is 12.1 Å². The molecule has 0 fully saturated rings. The Labute approximate surface area is 85.8 Å². The molecule has 5 heteroatoms. The third-order valence-corrected chi connectivity index (χ3v) is 1.80. The number of hydrogen-bond donors (Lipinski definition) is 2. The van der Waals surface area contributed by atoms with Gasteiger partial charge in [0.05, 0.1) is 9.80 Å². The third-order valence-electron chi connectivity index (χ3n) is 1.80. The summed E-state index contributed by atoms with van der Waals surface area (Å²) < 4.78 is 23.4. The normalized spacial score (nSPS) is 13.1. The van der Waals surface area contributed by atoms with Crippen LogP contribution in [-0.2, 0) is 0 Å². The second-order valence-electron chi connectivity index (χ2n) is 2.73. The average Bonchev–Trinajstić information content (AvgIpc) is 2.57. The van der Waals surface area contributed by atoms with E-state index in [-0.39, 0.29) is 18.4 Å².